The molecule has 0 N–H and O–H groups in total. The highest BCUT2D eigenvalue weighted by atomic mass is 79.9. The summed E-state index contributed by atoms with van der Waals surface area (Å²) in [6.07, 6.45) is -9.83. The number of ether oxygens (including phenoxy) is 1. The van der Waals surface area contributed by atoms with Gasteiger partial charge in [-0.15, -0.1) is 5.10 Å². The van der Waals surface area contributed by atoms with E-state index < -0.39 is 30.1 Å². The van der Waals surface area contributed by atoms with Gasteiger partial charge in [0.2, 0.25) is 0 Å². The van der Waals surface area contributed by atoms with Crippen molar-refractivity contribution in [2.75, 3.05) is 0 Å². The van der Waals surface area contributed by atoms with E-state index >= 15 is 0 Å². The summed E-state index contributed by atoms with van der Waals surface area (Å²) in [5.41, 5.74) is -1.90. The molecule has 3 rings (SSSR count). The summed E-state index contributed by atoms with van der Waals surface area (Å²) in [5.74, 6) is 0.223. The predicted molar refractivity (Wildman–Crippen MR) is 105 cm³/mol. The van der Waals surface area contributed by atoms with Gasteiger partial charge in [-0.25, -0.2) is 4.68 Å². The monoisotopic (exact) mass is 509 g/mol. The third-order valence-corrected chi connectivity index (χ3v) is 5.02. The highest BCUT2D eigenvalue weighted by Crippen LogP contribution is 2.37. The number of rotatable bonds is 4. The fourth-order valence-electron chi connectivity index (χ4n) is 2.93. The van der Waals surface area contributed by atoms with Crippen LogP contribution in [0.1, 0.15) is 37.5 Å². The van der Waals surface area contributed by atoms with Gasteiger partial charge in [0.15, 0.2) is 0 Å². The largest absolute Gasteiger partial charge is 0.488 e. The topological polar surface area (TPSA) is 39.9 Å². The van der Waals surface area contributed by atoms with Gasteiger partial charge in [-0.3, -0.25) is 0 Å². The maximum atomic E-state index is 13.0. The number of hydrogen-bond acceptors (Lipinski definition) is 3. The van der Waals surface area contributed by atoms with Crippen LogP contribution in [0, 0.1) is 5.41 Å². The molecule has 0 radical (unpaired) electrons. The average Bonchev–Trinajstić information content (AvgIpc) is 3.01. The highest BCUT2D eigenvalue weighted by molar-refractivity contribution is 9.10. The molecule has 0 bridgehead atoms. The van der Waals surface area contributed by atoms with Crippen molar-refractivity contribution in [1.82, 2.24) is 15.0 Å². The molecule has 4 nitrogen and oxygen atoms in total. The van der Waals surface area contributed by atoms with Crippen molar-refractivity contribution in [1.29, 1.82) is 0 Å². The molecule has 0 spiro atoms. The van der Waals surface area contributed by atoms with Crippen LogP contribution in [-0.4, -0.2) is 15.0 Å². The molecule has 0 atom stereocenters. The van der Waals surface area contributed by atoms with E-state index in [9.17, 15) is 26.3 Å². The van der Waals surface area contributed by atoms with E-state index in [1.54, 1.807) is 16.8 Å². The van der Waals surface area contributed by atoms with Crippen molar-refractivity contribution < 1.29 is 31.1 Å². The van der Waals surface area contributed by atoms with Crippen LogP contribution in [0.2, 0.25) is 0 Å². The van der Waals surface area contributed by atoms with Crippen LogP contribution in [0.25, 0.3) is 11.0 Å². The van der Waals surface area contributed by atoms with Crippen molar-refractivity contribution in [2.45, 2.75) is 46.3 Å². The summed E-state index contributed by atoms with van der Waals surface area (Å²) >= 11 is 3.34. The Balaban J connectivity index is 1.90. The average molecular weight is 510 g/mol. The minimum atomic E-state index is -4.92. The summed E-state index contributed by atoms with van der Waals surface area (Å²) in [6.45, 7) is 6.22. The molecule has 1 aromatic heterocycles. The standard InChI is InChI=1S/C20H18BrF6N3O/c1-18(2,3)10-30-14-4-5-15(16(21)17(14)28-29-30)31-9-11-6-12(19(22,23)24)8-13(7-11)20(25,26)27/h4-8H,9-10H2,1-3H3. The molecule has 31 heavy (non-hydrogen) atoms. The third-order valence-electron chi connectivity index (χ3n) is 4.26. The number of nitrogens with zero attached hydrogens (tertiary/aromatic N) is 3. The van der Waals surface area contributed by atoms with Crippen LogP contribution in [0.5, 0.6) is 5.75 Å². The zero-order chi connectivity index (χ0) is 23.2. The molecular weight excluding hydrogens is 492 g/mol. The second-order valence-electron chi connectivity index (χ2n) is 8.26. The number of aromatic nitrogens is 3. The Kier molecular flexibility index (Phi) is 6.03. The molecule has 0 aliphatic heterocycles. The first-order valence-electron chi connectivity index (χ1n) is 9.08. The van der Waals surface area contributed by atoms with E-state index in [1.165, 1.54) is 0 Å². The third kappa shape index (κ3) is 5.50. The molecule has 0 fully saturated rings. The van der Waals surface area contributed by atoms with Crippen LogP contribution in [0.15, 0.2) is 34.8 Å². The Morgan fingerprint density at radius 2 is 1.52 bits per heavy atom. The molecule has 11 heteroatoms. The van der Waals surface area contributed by atoms with Gasteiger partial charge < -0.3 is 4.74 Å². The van der Waals surface area contributed by atoms with E-state index in [1.807, 2.05) is 20.8 Å². The first-order chi connectivity index (χ1) is 14.1. The van der Waals surface area contributed by atoms with Gasteiger partial charge in [0.1, 0.15) is 17.9 Å². The zero-order valence-corrected chi connectivity index (χ0v) is 18.3. The second-order valence-corrected chi connectivity index (χ2v) is 9.05. The Hall–Kier alpha value is -2.30. The van der Waals surface area contributed by atoms with Crippen molar-refractivity contribution in [2.24, 2.45) is 5.41 Å². The predicted octanol–water partition coefficient (Wildman–Crippen LogP) is 6.86. The summed E-state index contributed by atoms with van der Waals surface area (Å²) in [7, 11) is 0. The van der Waals surface area contributed by atoms with Crippen LogP contribution in [0.4, 0.5) is 26.3 Å². The number of alkyl halides is 6. The number of benzene rings is 2. The van der Waals surface area contributed by atoms with Crippen LogP contribution >= 0.6 is 15.9 Å². The van der Waals surface area contributed by atoms with Crippen molar-refractivity contribution in [3.8, 4) is 5.75 Å². The molecule has 0 saturated carbocycles. The lowest BCUT2D eigenvalue weighted by molar-refractivity contribution is -0.143. The molecule has 0 aliphatic rings. The van der Waals surface area contributed by atoms with Gasteiger partial charge >= 0.3 is 12.4 Å². The first kappa shape index (κ1) is 23.4. The van der Waals surface area contributed by atoms with Gasteiger partial charge in [-0.2, -0.15) is 26.3 Å². The first-order valence-corrected chi connectivity index (χ1v) is 9.87. The molecular formula is C20H18BrF6N3O. The van der Waals surface area contributed by atoms with Crippen molar-refractivity contribution >= 4 is 27.0 Å². The molecule has 2 aromatic carbocycles. The van der Waals surface area contributed by atoms with Gasteiger partial charge in [-0.1, -0.05) is 26.0 Å². The lowest BCUT2D eigenvalue weighted by Crippen LogP contribution is -2.16. The SMILES string of the molecule is CC(C)(C)Cn1nnc2c(Br)c(OCc3cc(C(F)(F)F)cc(C(F)(F)F)c3)ccc21. The summed E-state index contributed by atoms with van der Waals surface area (Å²) in [6, 6.07) is 4.61. The highest BCUT2D eigenvalue weighted by Gasteiger charge is 2.37. The molecule has 0 aliphatic carbocycles. The van der Waals surface area contributed by atoms with Gasteiger partial charge in [0.25, 0.3) is 0 Å². The van der Waals surface area contributed by atoms with Crippen molar-refractivity contribution in [3.05, 3.63) is 51.5 Å². The Morgan fingerprint density at radius 3 is 2.03 bits per heavy atom. The lowest BCUT2D eigenvalue weighted by atomic mass is 9.97. The molecule has 0 saturated heterocycles. The fraction of sp³-hybridized carbons (Fsp3) is 0.400. The molecule has 0 amide bonds. The molecule has 3 aromatic rings. The Bertz CT molecular complexity index is 1070. The van der Waals surface area contributed by atoms with Crippen LogP contribution in [-0.2, 0) is 25.5 Å². The van der Waals surface area contributed by atoms with Gasteiger partial charge in [-0.05, 0) is 57.2 Å². The minimum absolute atomic E-state index is 0.0536. The summed E-state index contributed by atoms with van der Waals surface area (Å²) in [4.78, 5) is 0. The Morgan fingerprint density at radius 1 is 0.935 bits per heavy atom. The van der Waals surface area contributed by atoms with E-state index in [2.05, 4.69) is 26.2 Å². The minimum Gasteiger partial charge on any atom is -0.488 e. The lowest BCUT2D eigenvalue weighted by Gasteiger charge is -2.18. The molecule has 168 valence electrons. The quantitative estimate of drug-likeness (QED) is 0.361. The van der Waals surface area contributed by atoms with E-state index in [4.69, 9.17) is 4.74 Å². The molecule has 1 heterocycles. The maximum absolute atomic E-state index is 13.0. The zero-order valence-electron chi connectivity index (χ0n) is 16.7. The van der Waals surface area contributed by atoms with Gasteiger partial charge in [0, 0.05) is 6.54 Å². The van der Waals surface area contributed by atoms with Gasteiger partial charge in [0.05, 0.1) is 21.1 Å². The summed E-state index contributed by atoms with van der Waals surface area (Å²) in [5, 5.41) is 8.21. The number of fused-ring (bicyclic) bond motifs is 1. The number of halogens is 7. The fourth-order valence-corrected chi connectivity index (χ4v) is 3.46. The summed E-state index contributed by atoms with van der Waals surface area (Å²) < 4.78 is 85.8. The van der Waals surface area contributed by atoms with Crippen molar-refractivity contribution in [3.63, 3.8) is 0 Å². The molecule has 0 unspecified atom stereocenters. The van der Waals surface area contributed by atoms with E-state index in [0.717, 1.165) is 0 Å². The van der Waals surface area contributed by atoms with Crippen LogP contribution in [0.3, 0.4) is 0 Å². The smallest absolute Gasteiger partial charge is 0.416 e. The van der Waals surface area contributed by atoms with Crippen LogP contribution < -0.4 is 4.74 Å². The second kappa shape index (κ2) is 7.99. The van der Waals surface area contributed by atoms with E-state index in [0.29, 0.717) is 34.2 Å². The maximum Gasteiger partial charge on any atom is 0.416 e. The van der Waals surface area contributed by atoms with E-state index in [-0.39, 0.29) is 22.8 Å². The normalized spacial score (nSPS) is 13.1. The Labute approximate surface area is 182 Å². The number of hydrogen-bond donors (Lipinski definition) is 0.